The molecule has 0 spiro atoms. The number of amides is 2. The molecule has 0 bridgehead atoms. The predicted molar refractivity (Wildman–Crippen MR) is 86.2 cm³/mol. The van der Waals surface area contributed by atoms with Gasteiger partial charge in [0.2, 0.25) is 0 Å². The molecule has 2 amide bonds. The van der Waals surface area contributed by atoms with Gasteiger partial charge in [-0.05, 0) is 25.1 Å². The van der Waals surface area contributed by atoms with Gasteiger partial charge in [-0.3, -0.25) is 14.5 Å². The molecule has 1 aliphatic heterocycles. The quantitative estimate of drug-likeness (QED) is 0.594. The van der Waals surface area contributed by atoms with Crippen LogP contribution >= 0.6 is 0 Å². The second-order valence-corrected chi connectivity index (χ2v) is 5.56. The van der Waals surface area contributed by atoms with Gasteiger partial charge in [0.15, 0.2) is 5.76 Å². The number of carbonyl (C=O) groups is 4. The van der Waals surface area contributed by atoms with Crippen LogP contribution in [0.25, 0.3) is 0 Å². The van der Waals surface area contributed by atoms with E-state index in [2.05, 4.69) is 4.74 Å². The topological polar surface area (TPSA) is 103 Å². The highest BCUT2D eigenvalue weighted by Crippen LogP contribution is 2.25. The average Bonchev–Trinajstić information content (AvgIpc) is 3.22. The summed E-state index contributed by atoms with van der Waals surface area (Å²) in [5.41, 5.74) is 0.626. The van der Waals surface area contributed by atoms with Crippen molar-refractivity contribution in [1.29, 1.82) is 0 Å². The summed E-state index contributed by atoms with van der Waals surface area (Å²) in [4.78, 5) is 49.5. The van der Waals surface area contributed by atoms with Crippen molar-refractivity contribution >= 4 is 23.8 Å². The molecule has 1 unspecified atom stereocenters. The van der Waals surface area contributed by atoms with Gasteiger partial charge in [-0.2, -0.15) is 0 Å². The van der Waals surface area contributed by atoms with E-state index in [0.29, 0.717) is 0 Å². The van der Waals surface area contributed by atoms with Crippen LogP contribution in [-0.4, -0.2) is 41.8 Å². The maximum absolute atomic E-state index is 12.4. The van der Waals surface area contributed by atoms with E-state index in [0.717, 1.165) is 4.90 Å². The highest BCUT2D eigenvalue weighted by atomic mass is 16.5. The molecule has 8 heteroatoms. The van der Waals surface area contributed by atoms with Crippen LogP contribution in [0, 0.1) is 0 Å². The van der Waals surface area contributed by atoms with Crippen LogP contribution in [0.1, 0.15) is 43.8 Å². The Morgan fingerprint density at radius 2 is 1.73 bits per heavy atom. The third-order valence-electron chi connectivity index (χ3n) is 4.05. The van der Waals surface area contributed by atoms with Crippen molar-refractivity contribution in [3.8, 4) is 0 Å². The number of hydrogen-bond donors (Lipinski definition) is 0. The molecule has 26 heavy (non-hydrogen) atoms. The zero-order valence-electron chi connectivity index (χ0n) is 14.1. The van der Waals surface area contributed by atoms with E-state index in [1.807, 2.05) is 0 Å². The summed E-state index contributed by atoms with van der Waals surface area (Å²) in [5.74, 6) is -2.42. The average molecular weight is 357 g/mol. The summed E-state index contributed by atoms with van der Waals surface area (Å²) in [5, 5.41) is 0. The molecule has 1 aliphatic rings. The smallest absolute Gasteiger partial charge is 0.341 e. The first-order valence-electron chi connectivity index (χ1n) is 7.74. The highest BCUT2D eigenvalue weighted by molar-refractivity contribution is 6.22. The molecule has 2 heterocycles. The van der Waals surface area contributed by atoms with E-state index < -0.39 is 29.8 Å². The fourth-order valence-electron chi connectivity index (χ4n) is 2.67. The van der Waals surface area contributed by atoms with Gasteiger partial charge in [0, 0.05) is 0 Å². The number of furan rings is 1. The number of imide groups is 1. The zero-order valence-corrected chi connectivity index (χ0v) is 14.1. The van der Waals surface area contributed by atoms with Gasteiger partial charge in [-0.1, -0.05) is 12.1 Å². The lowest BCUT2D eigenvalue weighted by molar-refractivity contribution is -0.149. The summed E-state index contributed by atoms with van der Waals surface area (Å²) >= 11 is 0. The summed E-state index contributed by atoms with van der Waals surface area (Å²) in [6, 6.07) is 6.60. The van der Waals surface area contributed by atoms with Crippen molar-refractivity contribution < 1.29 is 33.1 Å². The van der Waals surface area contributed by atoms with Crippen molar-refractivity contribution in [2.24, 2.45) is 0 Å². The molecule has 2 aromatic rings. The van der Waals surface area contributed by atoms with Crippen LogP contribution in [0.3, 0.4) is 0 Å². The third kappa shape index (κ3) is 2.85. The van der Waals surface area contributed by atoms with Gasteiger partial charge in [-0.25, -0.2) is 9.59 Å². The summed E-state index contributed by atoms with van der Waals surface area (Å²) in [7, 11) is 1.22. The number of esters is 2. The molecule has 1 aromatic heterocycles. The lowest BCUT2D eigenvalue weighted by atomic mass is 10.1. The number of methoxy groups -OCH3 is 1. The fourth-order valence-corrected chi connectivity index (χ4v) is 2.67. The number of ether oxygens (including phenoxy) is 2. The van der Waals surface area contributed by atoms with Crippen molar-refractivity contribution in [3.05, 3.63) is 59.0 Å². The standard InChI is InChI=1S/C18H15NO7/c1-10(19-15(20)11-5-3-4-6-12(11)16(19)21)17(22)26-9-14-13(7-8-25-14)18(23)24-2/h3-8,10H,9H2,1-2H3. The van der Waals surface area contributed by atoms with E-state index in [1.54, 1.807) is 12.1 Å². The van der Waals surface area contributed by atoms with Crippen LogP contribution in [0.15, 0.2) is 41.0 Å². The third-order valence-corrected chi connectivity index (χ3v) is 4.05. The Morgan fingerprint density at radius 3 is 2.31 bits per heavy atom. The summed E-state index contributed by atoms with van der Waals surface area (Å²) in [6.07, 6.45) is 1.27. The van der Waals surface area contributed by atoms with Gasteiger partial charge in [0.25, 0.3) is 11.8 Å². The molecule has 1 atom stereocenters. The highest BCUT2D eigenvalue weighted by Gasteiger charge is 2.41. The number of carbonyl (C=O) groups excluding carboxylic acids is 4. The molecular weight excluding hydrogens is 342 g/mol. The molecule has 3 rings (SSSR count). The molecule has 0 N–H and O–H groups in total. The Morgan fingerprint density at radius 1 is 1.12 bits per heavy atom. The molecule has 8 nitrogen and oxygen atoms in total. The first-order valence-corrected chi connectivity index (χ1v) is 7.74. The van der Waals surface area contributed by atoms with Crippen molar-refractivity contribution in [3.63, 3.8) is 0 Å². The van der Waals surface area contributed by atoms with Crippen molar-refractivity contribution in [1.82, 2.24) is 4.90 Å². The molecule has 0 fully saturated rings. The Hall–Kier alpha value is -3.42. The monoisotopic (exact) mass is 357 g/mol. The minimum absolute atomic E-state index is 0.111. The number of rotatable bonds is 5. The van der Waals surface area contributed by atoms with Crippen molar-refractivity contribution in [2.75, 3.05) is 7.11 Å². The molecule has 134 valence electrons. The maximum Gasteiger partial charge on any atom is 0.341 e. The minimum atomic E-state index is -1.13. The number of benzene rings is 1. The SMILES string of the molecule is COC(=O)c1ccoc1COC(=O)C(C)N1C(=O)c2ccccc2C1=O. The Bertz CT molecular complexity index is 863. The number of nitrogens with zero attached hydrogens (tertiary/aromatic N) is 1. The van der Waals surface area contributed by atoms with Gasteiger partial charge in [-0.15, -0.1) is 0 Å². The zero-order chi connectivity index (χ0) is 18.8. The van der Waals surface area contributed by atoms with Crippen LogP contribution in [0.2, 0.25) is 0 Å². The molecular formula is C18H15NO7. The molecule has 0 saturated carbocycles. The molecule has 1 aromatic carbocycles. The minimum Gasteiger partial charge on any atom is -0.465 e. The molecule has 0 saturated heterocycles. The maximum atomic E-state index is 12.4. The first-order chi connectivity index (χ1) is 12.5. The molecule has 0 radical (unpaired) electrons. The predicted octanol–water partition coefficient (Wildman–Crippen LogP) is 1.79. The van der Waals surface area contributed by atoms with E-state index >= 15 is 0 Å². The van der Waals surface area contributed by atoms with E-state index in [4.69, 9.17) is 9.15 Å². The second-order valence-electron chi connectivity index (χ2n) is 5.56. The fraction of sp³-hybridized carbons (Fsp3) is 0.222. The Balaban J connectivity index is 1.70. The largest absolute Gasteiger partial charge is 0.465 e. The summed E-state index contributed by atoms with van der Waals surface area (Å²) in [6.45, 7) is 1.07. The van der Waals surface area contributed by atoms with Crippen LogP contribution in [0.5, 0.6) is 0 Å². The van der Waals surface area contributed by atoms with Crippen LogP contribution < -0.4 is 0 Å². The lowest BCUT2D eigenvalue weighted by Crippen LogP contribution is -2.43. The normalized spacial score (nSPS) is 14.2. The number of hydrogen-bond acceptors (Lipinski definition) is 7. The van der Waals surface area contributed by atoms with Gasteiger partial charge >= 0.3 is 11.9 Å². The second kappa shape index (κ2) is 6.83. The van der Waals surface area contributed by atoms with Crippen LogP contribution in [0.4, 0.5) is 0 Å². The number of fused-ring (bicyclic) bond motifs is 1. The first kappa shape index (κ1) is 17.4. The lowest BCUT2D eigenvalue weighted by Gasteiger charge is -2.20. The summed E-state index contributed by atoms with van der Waals surface area (Å²) < 4.78 is 14.8. The van der Waals surface area contributed by atoms with Gasteiger partial charge in [0.05, 0.1) is 24.5 Å². The molecule has 0 aliphatic carbocycles. The van der Waals surface area contributed by atoms with E-state index in [1.165, 1.54) is 38.5 Å². The van der Waals surface area contributed by atoms with Gasteiger partial charge in [0.1, 0.15) is 18.2 Å². The van der Waals surface area contributed by atoms with E-state index in [9.17, 15) is 19.2 Å². The van der Waals surface area contributed by atoms with Crippen LogP contribution in [-0.2, 0) is 20.9 Å². The Kier molecular flexibility index (Phi) is 4.57. The Labute approximate surface area is 148 Å². The van der Waals surface area contributed by atoms with Crippen molar-refractivity contribution in [2.45, 2.75) is 19.6 Å². The van der Waals surface area contributed by atoms with Gasteiger partial charge < -0.3 is 13.9 Å². The van der Waals surface area contributed by atoms with E-state index in [-0.39, 0.29) is 29.1 Å².